The van der Waals surface area contributed by atoms with Gasteiger partial charge in [0.2, 0.25) is 0 Å². The highest BCUT2D eigenvalue weighted by Crippen LogP contribution is 2.26. The van der Waals surface area contributed by atoms with Gasteiger partial charge in [0, 0.05) is 10.6 Å². The number of nitrogen functional groups attached to an aromatic ring is 1. The van der Waals surface area contributed by atoms with E-state index < -0.39 is 0 Å². The summed E-state index contributed by atoms with van der Waals surface area (Å²) in [5, 5.41) is 10.4. The second-order valence-electron chi connectivity index (χ2n) is 6.57. The zero-order valence-electron chi connectivity index (χ0n) is 14.9. The zero-order chi connectivity index (χ0) is 18.7. The standard InChI is InChI=1S/C23H21ClN2/c1-15(2)10-16-4-3-5-20(12-16)22(24)13-17-6-7-19-14-21(23(25)26)9-8-18(19)11-17/h3-14H,1-2H3,(H3,25,26). The molecule has 0 aliphatic heterocycles. The lowest BCUT2D eigenvalue weighted by Gasteiger charge is -2.05. The van der Waals surface area contributed by atoms with E-state index in [4.69, 9.17) is 22.7 Å². The molecule has 0 saturated heterocycles. The second-order valence-corrected chi connectivity index (χ2v) is 6.98. The first-order valence-electron chi connectivity index (χ1n) is 8.43. The number of fused-ring (bicyclic) bond motifs is 1. The van der Waals surface area contributed by atoms with Crippen LogP contribution in [0.2, 0.25) is 0 Å². The Labute approximate surface area is 159 Å². The molecule has 0 spiro atoms. The number of hydrogen-bond acceptors (Lipinski definition) is 1. The highest BCUT2D eigenvalue weighted by Gasteiger charge is 2.03. The van der Waals surface area contributed by atoms with Crippen molar-refractivity contribution < 1.29 is 0 Å². The molecule has 3 rings (SSSR count). The van der Waals surface area contributed by atoms with Crippen LogP contribution < -0.4 is 5.73 Å². The summed E-state index contributed by atoms with van der Waals surface area (Å²) in [5.41, 5.74) is 10.7. The molecule has 0 amide bonds. The van der Waals surface area contributed by atoms with Gasteiger partial charge in [-0.05, 0) is 65.6 Å². The Hall–Kier alpha value is -2.84. The predicted octanol–water partition coefficient (Wildman–Crippen LogP) is 6.28. The van der Waals surface area contributed by atoms with E-state index in [1.807, 2.05) is 48.5 Å². The molecule has 0 saturated carbocycles. The van der Waals surface area contributed by atoms with E-state index in [0.29, 0.717) is 5.03 Å². The molecule has 0 aliphatic rings. The molecule has 3 heteroatoms. The van der Waals surface area contributed by atoms with E-state index in [1.165, 1.54) is 5.57 Å². The molecule has 3 aromatic carbocycles. The summed E-state index contributed by atoms with van der Waals surface area (Å²) in [6.45, 7) is 4.16. The van der Waals surface area contributed by atoms with Gasteiger partial charge in [-0.2, -0.15) is 0 Å². The van der Waals surface area contributed by atoms with Crippen molar-refractivity contribution >= 4 is 45.4 Å². The van der Waals surface area contributed by atoms with Gasteiger partial charge in [0.15, 0.2) is 0 Å². The van der Waals surface area contributed by atoms with E-state index >= 15 is 0 Å². The quantitative estimate of drug-likeness (QED) is 0.321. The Kier molecular flexibility index (Phi) is 5.24. The van der Waals surface area contributed by atoms with Crippen molar-refractivity contribution in [1.82, 2.24) is 0 Å². The number of rotatable bonds is 4. The second kappa shape index (κ2) is 7.59. The summed E-state index contributed by atoms with van der Waals surface area (Å²) in [6.07, 6.45) is 4.11. The van der Waals surface area contributed by atoms with Crippen molar-refractivity contribution in [3.05, 3.63) is 88.5 Å². The number of nitrogens with two attached hydrogens (primary N) is 1. The maximum absolute atomic E-state index is 7.55. The Morgan fingerprint density at radius 1 is 0.846 bits per heavy atom. The van der Waals surface area contributed by atoms with Crippen LogP contribution >= 0.6 is 11.6 Å². The number of nitrogens with one attached hydrogen (secondary N) is 1. The number of allylic oxidation sites excluding steroid dienone is 1. The van der Waals surface area contributed by atoms with Gasteiger partial charge in [-0.15, -0.1) is 0 Å². The Balaban J connectivity index is 1.95. The first kappa shape index (κ1) is 18.0. The molecular formula is C23H21ClN2. The van der Waals surface area contributed by atoms with E-state index in [-0.39, 0.29) is 5.84 Å². The average molecular weight is 361 g/mol. The van der Waals surface area contributed by atoms with Gasteiger partial charge < -0.3 is 5.73 Å². The zero-order valence-corrected chi connectivity index (χ0v) is 15.6. The first-order chi connectivity index (χ1) is 12.4. The van der Waals surface area contributed by atoms with E-state index in [2.05, 4.69) is 38.1 Å². The molecule has 3 aromatic rings. The van der Waals surface area contributed by atoms with Crippen molar-refractivity contribution in [1.29, 1.82) is 5.41 Å². The third kappa shape index (κ3) is 4.22. The largest absolute Gasteiger partial charge is 0.384 e. The van der Waals surface area contributed by atoms with Crippen molar-refractivity contribution in [2.45, 2.75) is 13.8 Å². The topological polar surface area (TPSA) is 49.9 Å². The van der Waals surface area contributed by atoms with Crippen LogP contribution in [0.1, 0.15) is 36.1 Å². The summed E-state index contributed by atoms with van der Waals surface area (Å²) < 4.78 is 0. The van der Waals surface area contributed by atoms with Gasteiger partial charge in [-0.3, -0.25) is 5.41 Å². The molecule has 3 N–H and O–H groups in total. The third-order valence-electron chi connectivity index (χ3n) is 4.09. The van der Waals surface area contributed by atoms with E-state index in [9.17, 15) is 0 Å². The van der Waals surface area contributed by atoms with Crippen molar-refractivity contribution in [2.75, 3.05) is 0 Å². The smallest absolute Gasteiger partial charge is 0.122 e. The molecule has 0 radical (unpaired) electrons. The Morgan fingerprint density at radius 3 is 2.27 bits per heavy atom. The van der Waals surface area contributed by atoms with Crippen molar-refractivity contribution in [2.24, 2.45) is 5.73 Å². The van der Waals surface area contributed by atoms with Gasteiger partial charge in [-0.25, -0.2) is 0 Å². The molecule has 26 heavy (non-hydrogen) atoms. The summed E-state index contributed by atoms with van der Waals surface area (Å²) in [5.74, 6) is 0.0789. The summed E-state index contributed by atoms with van der Waals surface area (Å²) in [7, 11) is 0. The van der Waals surface area contributed by atoms with Crippen LogP contribution in [-0.4, -0.2) is 5.84 Å². The van der Waals surface area contributed by atoms with Crippen LogP contribution in [0.3, 0.4) is 0 Å². The molecule has 0 aliphatic carbocycles. The van der Waals surface area contributed by atoms with Crippen LogP contribution in [0.15, 0.2) is 66.2 Å². The van der Waals surface area contributed by atoms with Gasteiger partial charge in [0.25, 0.3) is 0 Å². The van der Waals surface area contributed by atoms with Gasteiger partial charge in [0.05, 0.1) is 0 Å². The lowest BCUT2D eigenvalue weighted by atomic mass is 10.0. The van der Waals surface area contributed by atoms with Crippen LogP contribution in [-0.2, 0) is 0 Å². The van der Waals surface area contributed by atoms with Gasteiger partial charge >= 0.3 is 0 Å². The molecular weight excluding hydrogens is 340 g/mol. The number of benzene rings is 3. The lowest BCUT2D eigenvalue weighted by molar-refractivity contribution is 1.42. The molecule has 0 aromatic heterocycles. The monoisotopic (exact) mass is 360 g/mol. The third-order valence-corrected chi connectivity index (χ3v) is 4.41. The minimum Gasteiger partial charge on any atom is -0.384 e. The first-order valence-corrected chi connectivity index (χ1v) is 8.81. The van der Waals surface area contributed by atoms with Crippen molar-refractivity contribution in [3.8, 4) is 0 Å². The molecule has 0 unspecified atom stereocenters. The lowest BCUT2D eigenvalue weighted by Crippen LogP contribution is -2.10. The Morgan fingerprint density at radius 2 is 1.54 bits per heavy atom. The van der Waals surface area contributed by atoms with Crippen LogP contribution in [0.5, 0.6) is 0 Å². The van der Waals surface area contributed by atoms with Gasteiger partial charge in [-0.1, -0.05) is 65.7 Å². The number of amidine groups is 1. The molecule has 0 atom stereocenters. The van der Waals surface area contributed by atoms with E-state index in [1.54, 1.807) is 0 Å². The fourth-order valence-electron chi connectivity index (χ4n) is 2.86. The normalized spacial score (nSPS) is 11.4. The molecule has 130 valence electrons. The molecule has 2 nitrogen and oxygen atoms in total. The van der Waals surface area contributed by atoms with Crippen LogP contribution in [0.25, 0.3) is 28.0 Å². The molecule has 0 heterocycles. The SMILES string of the molecule is CC(C)=Cc1cccc(C(Cl)=Cc2ccc3cc(C(=N)N)ccc3c2)c1. The van der Waals surface area contributed by atoms with Crippen LogP contribution in [0, 0.1) is 5.41 Å². The fourth-order valence-corrected chi connectivity index (χ4v) is 3.11. The van der Waals surface area contributed by atoms with Crippen molar-refractivity contribution in [3.63, 3.8) is 0 Å². The predicted molar refractivity (Wildman–Crippen MR) is 114 cm³/mol. The minimum atomic E-state index is 0.0789. The summed E-state index contributed by atoms with van der Waals surface area (Å²) in [4.78, 5) is 0. The maximum atomic E-state index is 7.55. The summed E-state index contributed by atoms with van der Waals surface area (Å²) >= 11 is 6.56. The van der Waals surface area contributed by atoms with Gasteiger partial charge in [0.1, 0.15) is 5.84 Å². The fraction of sp³-hybridized carbons (Fsp3) is 0.0870. The van der Waals surface area contributed by atoms with Crippen LogP contribution in [0.4, 0.5) is 0 Å². The molecule has 0 bridgehead atoms. The average Bonchev–Trinajstić information content (AvgIpc) is 2.60. The number of halogens is 1. The van der Waals surface area contributed by atoms with E-state index in [0.717, 1.165) is 33.0 Å². The summed E-state index contributed by atoms with van der Waals surface area (Å²) in [6, 6.07) is 20.1. The highest BCUT2D eigenvalue weighted by atomic mass is 35.5. The molecule has 0 fully saturated rings. The Bertz CT molecular complexity index is 1040. The number of hydrogen-bond donors (Lipinski definition) is 2. The highest BCUT2D eigenvalue weighted by molar-refractivity contribution is 6.51. The minimum absolute atomic E-state index is 0.0789. The maximum Gasteiger partial charge on any atom is 0.122 e.